The zero-order valence-corrected chi connectivity index (χ0v) is 6.28. The van der Waals surface area contributed by atoms with Crippen molar-refractivity contribution in [2.24, 2.45) is 0 Å². The van der Waals surface area contributed by atoms with E-state index in [4.69, 9.17) is 5.26 Å². The van der Waals surface area contributed by atoms with Crippen LogP contribution in [-0.2, 0) is 16.3 Å². The van der Waals surface area contributed by atoms with Crippen molar-refractivity contribution in [1.29, 1.82) is 5.26 Å². The molecule has 3 heteroatoms. The minimum absolute atomic E-state index is 0.105. The monoisotopic (exact) mass is 160 g/mol. The first-order valence-corrected chi connectivity index (χ1v) is 3.41. The molecule has 0 heterocycles. The summed E-state index contributed by atoms with van der Waals surface area (Å²) in [6.45, 7) is 0. The molecule has 1 rings (SSSR count). The Bertz CT molecular complexity index is 321. The topological polar surface area (TPSA) is 60.8 Å². The van der Waals surface area contributed by atoms with Crippen molar-refractivity contribution >= 4 is 5.97 Å². The third kappa shape index (κ3) is 2.10. The van der Waals surface area contributed by atoms with Gasteiger partial charge in [-0.1, -0.05) is 12.1 Å². The Morgan fingerprint density at radius 3 is 2.33 bits per heavy atom. The second-order valence-electron chi connectivity index (χ2n) is 2.36. The highest BCUT2D eigenvalue weighted by Gasteiger charge is 2.01. The van der Waals surface area contributed by atoms with E-state index in [9.17, 15) is 9.90 Å². The van der Waals surface area contributed by atoms with Gasteiger partial charge in [0.1, 0.15) is 0 Å². The molecule has 0 N–H and O–H groups in total. The van der Waals surface area contributed by atoms with Crippen LogP contribution in [0, 0.1) is 11.3 Å². The van der Waals surface area contributed by atoms with Gasteiger partial charge in [0.15, 0.2) is 0 Å². The molecule has 0 aliphatic carbocycles. The molecule has 0 saturated heterocycles. The number of carbonyl (C=O) groups is 1. The molecule has 12 heavy (non-hydrogen) atoms. The third-order valence-corrected chi connectivity index (χ3v) is 1.43. The van der Waals surface area contributed by atoms with E-state index in [2.05, 4.69) is 0 Å². The van der Waals surface area contributed by atoms with Gasteiger partial charge >= 0.3 is 5.97 Å². The summed E-state index contributed by atoms with van der Waals surface area (Å²) in [5.74, 6) is -1.11. The fourth-order valence-corrected chi connectivity index (χ4v) is 0.864. The van der Waals surface area contributed by atoms with Crippen molar-refractivity contribution in [3.63, 3.8) is 0 Å². The molecule has 0 amide bonds. The summed E-state index contributed by atoms with van der Waals surface area (Å²) >= 11 is 0. The number of nitrogens with zero attached hydrogens (tertiary/aromatic N) is 1. The van der Waals surface area contributed by atoms with Crippen molar-refractivity contribution in [2.45, 2.75) is 6.42 Å². The zero-order valence-electron chi connectivity index (χ0n) is 6.28. The molecule has 1 radical (unpaired) electrons. The first kappa shape index (κ1) is 8.28. The van der Waals surface area contributed by atoms with Crippen LogP contribution in [-0.4, -0.2) is 5.97 Å². The van der Waals surface area contributed by atoms with Crippen LogP contribution in [0.25, 0.3) is 0 Å². The number of hydrogen-bond donors (Lipinski definition) is 0. The maximum atomic E-state index is 10.1. The van der Waals surface area contributed by atoms with Gasteiger partial charge in [0.25, 0.3) is 0 Å². The average Bonchev–Trinajstić information content (AvgIpc) is 2.05. The van der Waals surface area contributed by atoms with E-state index in [1.54, 1.807) is 24.3 Å². The number of nitriles is 1. The molecule has 0 unspecified atom stereocenters. The van der Waals surface area contributed by atoms with Gasteiger partial charge in [-0.25, -0.2) is 9.90 Å². The highest BCUT2D eigenvalue weighted by atomic mass is 16.4. The fraction of sp³-hybridized carbons (Fsp3) is 0.111. The lowest BCUT2D eigenvalue weighted by atomic mass is 10.1. The van der Waals surface area contributed by atoms with Crippen molar-refractivity contribution in [3.8, 4) is 6.07 Å². The molecule has 1 aromatic rings. The van der Waals surface area contributed by atoms with Crippen molar-refractivity contribution in [1.82, 2.24) is 0 Å². The molecular weight excluding hydrogens is 154 g/mol. The number of rotatable bonds is 2. The molecule has 0 aliphatic heterocycles. The summed E-state index contributed by atoms with van der Waals surface area (Å²) in [5, 5.41) is 18.6. The van der Waals surface area contributed by atoms with Gasteiger partial charge in [-0.3, -0.25) is 0 Å². The molecule has 59 valence electrons. The number of carbonyl (C=O) groups excluding carboxylic acids is 1. The van der Waals surface area contributed by atoms with Crippen molar-refractivity contribution in [3.05, 3.63) is 35.4 Å². The summed E-state index contributed by atoms with van der Waals surface area (Å²) in [5.41, 5.74) is 1.17. The Morgan fingerprint density at radius 1 is 1.33 bits per heavy atom. The number of benzene rings is 1. The van der Waals surface area contributed by atoms with E-state index in [0.29, 0.717) is 11.1 Å². The van der Waals surface area contributed by atoms with Crippen LogP contribution in [0.15, 0.2) is 24.3 Å². The highest BCUT2D eigenvalue weighted by Crippen LogP contribution is 2.03. The maximum absolute atomic E-state index is 10.1. The van der Waals surface area contributed by atoms with Crippen molar-refractivity contribution < 1.29 is 9.90 Å². The van der Waals surface area contributed by atoms with E-state index in [1.807, 2.05) is 6.07 Å². The lowest BCUT2D eigenvalue weighted by Gasteiger charge is -1.93. The molecule has 0 spiro atoms. The number of hydrogen-bond acceptors (Lipinski definition) is 2. The predicted molar refractivity (Wildman–Crippen MR) is 40.6 cm³/mol. The summed E-state index contributed by atoms with van der Waals surface area (Å²) < 4.78 is 0. The molecular formula is C9H6NO2. The Morgan fingerprint density at radius 2 is 1.92 bits per heavy atom. The summed E-state index contributed by atoms with van der Waals surface area (Å²) in [6, 6.07) is 8.32. The van der Waals surface area contributed by atoms with Gasteiger partial charge in [-0.2, -0.15) is 5.26 Å². The van der Waals surface area contributed by atoms with Crippen LogP contribution < -0.4 is 0 Å². The molecule has 0 aliphatic rings. The Balaban J connectivity index is 2.80. The van der Waals surface area contributed by atoms with E-state index in [1.165, 1.54) is 0 Å². The van der Waals surface area contributed by atoms with Crippen LogP contribution in [0.1, 0.15) is 11.1 Å². The van der Waals surface area contributed by atoms with Crippen LogP contribution in [0.2, 0.25) is 0 Å². The zero-order chi connectivity index (χ0) is 8.97. The quantitative estimate of drug-likeness (QED) is 0.649. The van der Waals surface area contributed by atoms with Gasteiger partial charge < -0.3 is 0 Å². The highest BCUT2D eigenvalue weighted by molar-refractivity contribution is 5.69. The first-order chi connectivity index (χ1) is 5.72. The lowest BCUT2D eigenvalue weighted by Crippen LogP contribution is -1.97. The molecule has 0 aromatic heterocycles. The summed E-state index contributed by atoms with van der Waals surface area (Å²) in [7, 11) is 0. The van der Waals surface area contributed by atoms with Gasteiger partial charge in [0, 0.05) is 0 Å². The standard InChI is InChI=1S/C9H6NO2/c10-6-8-3-1-7(2-4-8)5-9(11)12/h1-4H,5H2. The van der Waals surface area contributed by atoms with Crippen LogP contribution >= 0.6 is 0 Å². The van der Waals surface area contributed by atoms with Crippen LogP contribution in [0.3, 0.4) is 0 Å². The molecule has 3 nitrogen and oxygen atoms in total. The Hall–Kier alpha value is -1.82. The molecule has 0 bridgehead atoms. The van der Waals surface area contributed by atoms with E-state index < -0.39 is 5.97 Å². The van der Waals surface area contributed by atoms with Gasteiger partial charge in [-0.05, 0) is 17.7 Å². The largest absolute Gasteiger partial charge is 0.359 e. The second kappa shape index (κ2) is 3.54. The van der Waals surface area contributed by atoms with Crippen LogP contribution in [0.5, 0.6) is 0 Å². The molecule has 0 fully saturated rings. The van der Waals surface area contributed by atoms with E-state index in [-0.39, 0.29) is 6.42 Å². The first-order valence-electron chi connectivity index (χ1n) is 3.41. The third-order valence-electron chi connectivity index (χ3n) is 1.43. The SMILES string of the molecule is N#Cc1ccc(CC([O])=O)cc1. The molecule has 0 atom stereocenters. The normalized spacial score (nSPS) is 8.92. The predicted octanol–water partition coefficient (Wildman–Crippen LogP) is 1.06. The Kier molecular flexibility index (Phi) is 2.44. The molecule has 1 aromatic carbocycles. The van der Waals surface area contributed by atoms with Crippen LogP contribution in [0.4, 0.5) is 0 Å². The smallest absolute Gasteiger partial charge is 0.247 e. The summed E-state index contributed by atoms with van der Waals surface area (Å²) in [4.78, 5) is 10.1. The second-order valence-corrected chi connectivity index (χ2v) is 2.36. The van der Waals surface area contributed by atoms with E-state index >= 15 is 0 Å². The van der Waals surface area contributed by atoms with E-state index in [0.717, 1.165) is 0 Å². The lowest BCUT2D eigenvalue weighted by molar-refractivity contribution is -0.142. The summed E-state index contributed by atoms with van der Waals surface area (Å²) in [6.07, 6.45) is -0.105. The fourth-order valence-electron chi connectivity index (χ4n) is 0.864. The maximum Gasteiger partial charge on any atom is 0.359 e. The van der Waals surface area contributed by atoms with Gasteiger partial charge in [-0.15, -0.1) is 0 Å². The van der Waals surface area contributed by atoms with Gasteiger partial charge in [0.2, 0.25) is 0 Å². The molecule has 0 saturated carbocycles. The minimum Gasteiger partial charge on any atom is -0.247 e. The minimum atomic E-state index is -1.11. The average molecular weight is 160 g/mol. The Labute approximate surface area is 69.9 Å². The van der Waals surface area contributed by atoms with Crippen molar-refractivity contribution in [2.75, 3.05) is 0 Å². The van der Waals surface area contributed by atoms with Gasteiger partial charge in [0.05, 0.1) is 18.1 Å².